The molecule has 128 valence electrons. The lowest BCUT2D eigenvalue weighted by molar-refractivity contribution is 0.0703. The van der Waals surface area contributed by atoms with Crippen LogP contribution in [0.1, 0.15) is 40.5 Å². The predicted molar refractivity (Wildman–Crippen MR) is 92.0 cm³/mol. The Labute approximate surface area is 145 Å². The van der Waals surface area contributed by atoms with Crippen LogP contribution < -0.4 is 0 Å². The number of piperidine rings is 1. The highest BCUT2D eigenvalue weighted by molar-refractivity contribution is 5.94. The molecular formula is C19H19FN4O. The van der Waals surface area contributed by atoms with E-state index in [1.54, 1.807) is 24.0 Å². The first-order chi connectivity index (χ1) is 12.1. The van der Waals surface area contributed by atoms with E-state index < -0.39 is 0 Å². The summed E-state index contributed by atoms with van der Waals surface area (Å²) in [6.45, 7) is 2.95. The topological polar surface area (TPSA) is 50.5 Å². The number of aryl methyl sites for hydroxylation is 1. The SMILES string of the molecule is Cc1ccc(C(=O)N2CCCC(c3nnc4ccccn34)C2)cc1F. The molecule has 0 N–H and O–H groups in total. The molecule has 3 heterocycles. The smallest absolute Gasteiger partial charge is 0.253 e. The second-order valence-corrected chi connectivity index (χ2v) is 6.54. The zero-order chi connectivity index (χ0) is 17.4. The largest absolute Gasteiger partial charge is 0.338 e. The Bertz CT molecular complexity index is 936. The van der Waals surface area contributed by atoms with E-state index in [0.717, 1.165) is 24.3 Å². The molecule has 1 aromatic carbocycles. The molecule has 0 spiro atoms. The molecule has 0 saturated carbocycles. The Kier molecular flexibility index (Phi) is 3.95. The molecule has 1 fully saturated rings. The van der Waals surface area contributed by atoms with Crippen molar-refractivity contribution in [3.63, 3.8) is 0 Å². The standard InChI is InChI=1S/C19H19FN4O/c1-13-7-8-14(11-16(13)20)19(25)23-9-4-5-15(12-23)18-22-21-17-6-2-3-10-24(17)18/h2-3,6-8,10-11,15H,4-5,9,12H2,1H3. The van der Waals surface area contributed by atoms with Crippen molar-refractivity contribution in [2.24, 2.45) is 0 Å². The summed E-state index contributed by atoms with van der Waals surface area (Å²) in [5.74, 6) is 0.536. The van der Waals surface area contributed by atoms with Gasteiger partial charge in [0.05, 0.1) is 0 Å². The molecule has 1 atom stereocenters. The molecule has 0 aliphatic carbocycles. The van der Waals surface area contributed by atoms with Gasteiger partial charge in [-0.2, -0.15) is 0 Å². The molecule has 5 nitrogen and oxygen atoms in total. The maximum atomic E-state index is 13.8. The van der Waals surface area contributed by atoms with E-state index in [4.69, 9.17) is 0 Å². The number of carbonyl (C=O) groups is 1. The van der Waals surface area contributed by atoms with E-state index in [1.807, 2.05) is 28.8 Å². The van der Waals surface area contributed by atoms with Gasteiger partial charge in [-0.25, -0.2) is 4.39 Å². The summed E-state index contributed by atoms with van der Waals surface area (Å²) < 4.78 is 15.8. The van der Waals surface area contributed by atoms with Gasteiger partial charge >= 0.3 is 0 Å². The monoisotopic (exact) mass is 338 g/mol. The molecule has 0 bridgehead atoms. The number of hydrogen-bond donors (Lipinski definition) is 0. The number of fused-ring (bicyclic) bond motifs is 1. The van der Waals surface area contributed by atoms with E-state index in [2.05, 4.69) is 10.2 Å². The van der Waals surface area contributed by atoms with Crippen LogP contribution in [-0.2, 0) is 0 Å². The van der Waals surface area contributed by atoms with Crippen LogP contribution >= 0.6 is 0 Å². The number of likely N-dealkylation sites (tertiary alicyclic amines) is 1. The van der Waals surface area contributed by atoms with Crippen molar-refractivity contribution in [3.8, 4) is 0 Å². The van der Waals surface area contributed by atoms with Crippen LogP contribution in [0.25, 0.3) is 5.65 Å². The van der Waals surface area contributed by atoms with Gasteiger partial charge < -0.3 is 4.90 Å². The lowest BCUT2D eigenvalue weighted by Gasteiger charge is -2.32. The van der Waals surface area contributed by atoms with Crippen LogP contribution in [0.5, 0.6) is 0 Å². The molecule has 0 radical (unpaired) electrons. The minimum absolute atomic E-state index is 0.127. The Morgan fingerprint density at radius 3 is 2.96 bits per heavy atom. The summed E-state index contributed by atoms with van der Waals surface area (Å²) in [6.07, 6.45) is 3.80. The normalized spacial score (nSPS) is 17.8. The maximum absolute atomic E-state index is 13.8. The first-order valence-corrected chi connectivity index (χ1v) is 8.48. The number of hydrogen-bond acceptors (Lipinski definition) is 3. The van der Waals surface area contributed by atoms with Gasteiger partial charge in [0, 0.05) is 30.8 Å². The van der Waals surface area contributed by atoms with Crippen molar-refractivity contribution < 1.29 is 9.18 Å². The number of benzene rings is 1. The van der Waals surface area contributed by atoms with Crippen LogP contribution in [0.4, 0.5) is 4.39 Å². The minimum Gasteiger partial charge on any atom is -0.338 e. The van der Waals surface area contributed by atoms with Crippen LogP contribution in [0.15, 0.2) is 42.6 Å². The molecule has 25 heavy (non-hydrogen) atoms. The van der Waals surface area contributed by atoms with Crippen molar-refractivity contribution in [1.29, 1.82) is 0 Å². The number of pyridine rings is 1. The lowest BCUT2D eigenvalue weighted by Crippen LogP contribution is -2.39. The van der Waals surface area contributed by atoms with E-state index in [1.165, 1.54) is 6.07 Å². The Balaban J connectivity index is 1.58. The molecule has 6 heteroatoms. The fraction of sp³-hybridized carbons (Fsp3) is 0.316. The molecule has 1 unspecified atom stereocenters. The van der Waals surface area contributed by atoms with Gasteiger partial charge in [0.1, 0.15) is 11.6 Å². The van der Waals surface area contributed by atoms with Crippen molar-refractivity contribution in [2.45, 2.75) is 25.7 Å². The first-order valence-electron chi connectivity index (χ1n) is 8.48. The molecule has 1 aliphatic rings. The second-order valence-electron chi connectivity index (χ2n) is 6.54. The zero-order valence-corrected chi connectivity index (χ0v) is 14.0. The van der Waals surface area contributed by atoms with Gasteiger partial charge in [-0.1, -0.05) is 12.1 Å². The number of rotatable bonds is 2. The van der Waals surface area contributed by atoms with E-state index in [9.17, 15) is 9.18 Å². The number of halogens is 1. The Morgan fingerprint density at radius 2 is 2.12 bits per heavy atom. The molecule has 1 aliphatic heterocycles. The Hall–Kier alpha value is -2.76. The summed E-state index contributed by atoms with van der Waals surface area (Å²) in [5.41, 5.74) is 1.75. The van der Waals surface area contributed by atoms with Gasteiger partial charge in [-0.15, -0.1) is 10.2 Å². The van der Waals surface area contributed by atoms with Crippen molar-refractivity contribution in [2.75, 3.05) is 13.1 Å². The molecular weight excluding hydrogens is 319 g/mol. The third-order valence-corrected chi connectivity index (χ3v) is 4.83. The average molecular weight is 338 g/mol. The zero-order valence-electron chi connectivity index (χ0n) is 14.0. The Morgan fingerprint density at radius 1 is 1.24 bits per heavy atom. The fourth-order valence-electron chi connectivity index (χ4n) is 3.42. The number of amides is 1. The number of aromatic nitrogens is 3. The highest BCUT2D eigenvalue weighted by Gasteiger charge is 2.28. The van der Waals surface area contributed by atoms with Gasteiger partial charge in [0.2, 0.25) is 0 Å². The average Bonchev–Trinajstić information content (AvgIpc) is 3.08. The quantitative estimate of drug-likeness (QED) is 0.721. The van der Waals surface area contributed by atoms with Crippen LogP contribution in [0.2, 0.25) is 0 Å². The fourth-order valence-corrected chi connectivity index (χ4v) is 3.42. The summed E-state index contributed by atoms with van der Waals surface area (Å²) in [7, 11) is 0. The maximum Gasteiger partial charge on any atom is 0.253 e. The molecule has 4 rings (SSSR count). The molecule has 3 aromatic rings. The van der Waals surface area contributed by atoms with Gasteiger partial charge in [-0.3, -0.25) is 9.20 Å². The summed E-state index contributed by atoms with van der Waals surface area (Å²) >= 11 is 0. The summed E-state index contributed by atoms with van der Waals surface area (Å²) in [6, 6.07) is 10.5. The third-order valence-electron chi connectivity index (χ3n) is 4.83. The highest BCUT2D eigenvalue weighted by atomic mass is 19.1. The minimum atomic E-state index is -0.345. The van der Waals surface area contributed by atoms with Gasteiger partial charge in [-0.05, 0) is 49.6 Å². The number of carbonyl (C=O) groups excluding carboxylic acids is 1. The summed E-state index contributed by atoms with van der Waals surface area (Å²) in [4.78, 5) is 14.6. The van der Waals surface area contributed by atoms with Crippen LogP contribution in [0, 0.1) is 12.7 Å². The summed E-state index contributed by atoms with van der Waals surface area (Å²) in [5, 5.41) is 8.53. The number of nitrogens with zero attached hydrogens (tertiary/aromatic N) is 4. The van der Waals surface area contributed by atoms with Crippen molar-refractivity contribution >= 4 is 11.6 Å². The van der Waals surface area contributed by atoms with Crippen LogP contribution in [0.3, 0.4) is 0 Å². The van der Waals surface area contributed by atoms with Crippen molar-refractivity contribution in [1.82, 2.24) is 19.5 Å². The van der Waals surface area contributed by atoms with E-state index in [0.29, 0.717) is 24.2 Å². The molecule has 1 amide bonds. The highest BCUT2D eigenvalue weighted by Crippen LogP contribution is 2.27. The van der Waals surface area contributed by atoms with Gasteiger partial charge in [0.15, 0.2) is 5.65 Å². The third kappa shape index (κ3) is 2.88. The predicted octanol–water partition coefficient (Wildman–Crippen LogP) is 3.20. The van der Waals surface area contributed by atoms with Crippen molar-refractivity contribution in [3.05, 3.63) is 65.4 Å². The van der Waals surface area contributed by atoms with E-state index >= 15 is 0 Å². The second kappa shape index (κ2) is 6.27. The first kappa shape index (κ1) is 15.7. The van der Waals surface area contributed by atoms with Gasteiger partial charge in [0.25, 0.3) is 5.91 Å². The molecule has 1 saturated heterocycles. The van der Waals surface area contributed by atoms with E-state index in [-0.39, 0.29) is 17.6 Å². The lowest BCUT2D eigenvalue weighted by atomic mass is 9.96. The molecule has 2 aromatic heterocycles. The van der Waals surface area contributed by atoms with Crippen LogP contribution in [-0.4, -0.2) is 38.5 Å².